The van der Waals surface area contributed by atoms with Crippen LogP contribution in [0.15, 0.2) is 29.3 Å². The summed E-state index contributed by atoms with van der Waals surface area (Å²) in [5.41, 5.74) is 0.619. The van der Waals surface area contributed by atoms with Gasteiger partial charge in [-0.1, -0.05) is 0 Å². The third-order valence-electron chi connectivity index (χ3n) is 3.03. The summed E-state index contributed by atoms with van der Waals surface area (Å²) in [6.07, 6.45) is 3.46. The second-order valence-electron chi connectivity index (χ2n) is 4.37. The molecular formula is C13H15N3O3. The molecule has 6 nitrogen and oxygen atoms in total. The summed E-state index contributed by atoms with van der Waals surface area (Å²) >= 11 is 0. The van der Waals surface area contributed by atoms with Crippen LogP contribution >= 0.6 is 0 Å². The quantitative estimate of drug-likeness (QED) is 0.892. The van der Waals surface area contributed by atoms with Gasteiger partial charge in [0.1, 0.15) is 5.56 Å². The van der Waals surface area contributed by atoms with Crippen LogP contribution in [-0.4, -0.2) is 25.4 Å². The van der Waals surface area contributed by atoms with Crippen LogP contribution in [0.5, 0.6) is 0 Å². The maximum absolute atomic E-state index is 12.2. The Morgan fingerprint density at radius 1 is 1.37 bits per heavy atom. The zero-order valence-corrected chi connectivity index (χ0v) is 10.8. The number of carbonyl (C=O) groups is 1. The molecular weight excluding hydrogens is 246 g/mol. The Kier molecular flexibility index (Phi) is 3.50. The predicted octanol–water partition coefficient (Wildman–Crippen LogP) is 1.06. The summed E-state index contributed by atoms with van der Waals surface area (Å²) in [5, 5.41) is 13.1. The van der Waals surface area contributed by atoms with Crippen LogP contribution in [0.1, 0.15) is 21.6 Å². The summed E-state index contributed by atoms with van der Waals surface area (Å²) in [4.78, 5) is 23.3. The highest BCUT2D eigenvalue weighted by Gasteiger charge is 2.16. The van der Waals surface area contributed by atoms with Crippen molar-refractivity contribution >= 4 is 5.97 Å². The molecule has 2 heterocycles. The molecule has 0 fully saturated rings. The van der Waals surface area contributed by atoms with E-state index < -0.39 is 11.5 Å². The molecule has 0 aliphatic heterocycles. The number of carboxylic acid groups (broad SMARTS) is 1. The summed E-state index contributed by atoms with van der Waals surface area (Å²) in [7, 11) is 0. The lowest BCUT2D eigenvalue weighted by Gasteiger charge is -2.12. The fourth-order valence-corrected chi connectivity index (χ4v) is 2.10. The fourth-order valence-electron chi connectivity index (χ4n) is 2.10. The SMILES string of the molecule is Cc1cc(C)n(CCn2cccn2)c(=O)c1C(=O)O. The van der Waals surface area contributed by atoms with E-state index in [1.54, 1.807) is 43.1 Å². The molecule has 6 heteroatoms. The van der Waals surface area contributed by atoms with E-state index >= 15 is 0 Å². The smallest absolute Gasteiger partial charge is 0.341 e. The van der Waals surface area contributed by atoms with Gasteiger partial charge >= 0.3 is 5.97 Å². The number of aromatic nitrogens is 3. The molecule has 2 aromatic heterocycles. The van der Waals surface area contributed by atoms with E-state index in [0.29, 0.717) is 18.7 Å². The molecule has 0 aliphatic rings. The van der Waals surface area contributed by atoms with Gasteiger partial charge in [-0.05, 0) is 31.5 Å². The van der Waals surface area contributed by atoms with Gasteiger partial charge in [0.2, 0.25) is 0 Å². The van der Waals surface area contributed by atoms with Gasteiger partial charge in [-0.2, -0.15) is 5.10 Å². The Hall–Kier alpha value is -2.37. The van der Waals surface area contributed by atoms with E-state index in [1.807, 2.05) is 0 Å². The maximum atomic E-state index is 12.2. The predicted molar refractivity (Wildman–Crippen MR) is 69.4 cm³/mol. The molecule has 100 valence electrons. The Labute approximate surface area is 109 Å². The number of aryl methyl sites for hydroxylation is 3. The van der Waals surface area contributed by atoms with Gasteiger partial charge < -0.3 is 9.67 Å². The fraction of sp³-hybridized carbons (Fsp3) is 0.308. The van der Waals surface area contributed by atoms with Gasteiger partial charge in [0.15, 0.2) is 0 Å². The third-order valence-corrected chi connectivity index (χ3v) is 3.03. The van der Waals surface area contributed by atoms with E-state index in [2.05, 4.69) is 5.10 Å². The Morgan fingerprint density at radius 2 is 2.11 bits per heavy atom. The molecule has 1 N–H and O–H groups in total. The van der Waals surface area contributed by atoms with Gasteiger partial charge in [-0.15, -0.1) is 0 Å². The first-order valence-electron chi connectivity index (χ1n) is 5.92. The zero-order valence-electron chi connectivity index (χ0n) is 10.8. The molecule has 0 aromatic carbocycles. The minimum atomic E-state index is -1.18. The van der Waals surface area contributed by atoms with Crippen molar-refractivity contribution in [2.45, 2.75) is 26.9 Å². The number of aromatic carboxylic acids is 1. The average molecular weight is 261 g/mol. The highest BCUT2D eigenvalue weighted by molar-refractivity contribution is 5.88. The molecule has 0 aliphatic carbocycles. The molecule has 0 unspecified atom stereocenters. The van der Waals surface area contributed by atoms with E-state index in [-0.39, 0.29) is 5.56 Å². The molecule has 0 amide bonds. The van der Waals surface area contributed by atoms with E-state index in [9.17, 15) is 9.59 Å². The van der Waals surface area contributed by atoms with Crippen molar-refractivity contribution in [3.8, 4) is 0 Å². The van der Waals surface area contributed by atoms with E-state index in [1.165, 1.54) is 4.57 Å². The number of hydrogen-bond donors (Lipinski definition) is 1. The largest absolute Gasteiger partial charge is 0.477 e. The van der Waals surface area contributed by atoms with Crippen molar-refractivity contribution in [3.05, 3.63) is 51.7 Å². The van der Waals surface area contributed by atoms with Crippen molar-refractivity contribution in [2.24, 2.45) is 0 Å². The molecule has 2 aromatic rings. The van der Waals surface area contributed by atoms with Crippen molar-refractivity contribution < 1.29 is 9.90 Å². The van der Waals surface area contributed by atoms with Gasteiger partial charge in [0.25, 0.3) is 5.56 Å². The van der Waals surface area contributed by atoms with Crippen molar-refractivity contribution in [1.82, 2.24) is 14.3 Å². The highest BCUT2D eigenvalue weighted by Crippen LogP contribution is 2.06. The number of nitrogens with zero attached hydrogens (tertiary/aromatic N) is 3. The van der Waals surface area contributed by atoms with Gasteiger partial charge in [-0.25, -0.2) is 4.79 Å². The third kappa shape index (κ3) is 2.57. The van der Waals surface area contributed by atoms with Crippen LogP contribution in [0.25, 0.3) is 0 Å². The van der Waals surface area contributed by atoms with Crippen molar-refractivity contribution in [3.63, 3.8) is 0 Å². The minimum Gasteiger partial charge on any atom is -0.477 e. The van der Waals surface area contributed by atoms with Crippen molar-refractivity contribution in [2.75, 3.05) is 0 Å². The lowest BCUT2D eigenvalue weighted by Crippen LogP contribution is -2.30. The number of pyridine rings is 1. The van der Waals surface area contributed by atoms with Gasteiger partial charge in [0.05, 0.1) is 6.54 Å². The van der Waals surface area contributed by atoms with Crippen LogP contribution in [0.2, 0.25) is 0 Å². The summed E-state index contributed by atoms with van der Waals surface area (Å²) in [6, 6.07) is 3.52. The Bertz CT molecular complexity index is 657. The molecule has 0 bridgehead atoms. The molecule has 19 heavy (non-hydrogen) atoms. The summed E-state index contributed by atoms with van der Waals surface area (Å²) < 4.78 is 3.17. The van der Waals surface area contributed by atoms with Crippen LogP contribution in [0.3, 0.4) is 0 Å². The van der Waals surface area contributed by atoms with Gasteiger partial charge in [-0.3, -0.25) is 9.48 Å². The molecule has 0 saturated heterocycles. The number of carboxylic acids is 1. The number of hydrogen-bond acceptors (Lipinski definition) is 3. The minimum absolute atomic E-state index is 0.161. The normalized spacial score (nSPS) is 10.6. The molecule has 2 rings (SSSR count). The first kappa shape index (κ1) is 13.1. The van der Waals surface area contributed by atoms with Crippen LogP contribution in [0, 0.1) is 13.8 Å². The van der Waals surface area contributed by atoms with Gasteiger partial charge in [0, 0.05) is 24.6 Å². The topological polar surface area (TPSA) is 77.1 Å². The van der Waals surface area contributed by atoms with Crippen LogP contribution in [0.4, 0.5) is 0 Å². The first-order chi connectivity index (χ1) is 9.00. The van der Waals surface area contributed by atoms with Crippen LogP contribution in [-0.2, 0) is 13.1 Å². The molecule has 0 radical (unpaired) electrons. The molecule has 0 saturated carbocycles. The number of rotatable bonds is 4. The average Bonchev–Trinajstić information content (AvgIpc) is 2.80. The van der Waals surface area contributed by atoms with Crippen LogP contribution < -0.4 is 5.56 Å². The maximum Gasteiger partial charge on any atom is 0.341 e. The molecule has 0 spiro atoms. The second kappa shape index (κ2) is 5.09. The lowest BCUT2D eigenvalue weighted by molar-refractivity contribution is 0.0693. The highest BCUT2D eigenvalue weighted by atomic mass is 16.4. The van der Waals surface area contributed by atoms with E-state index in [4.69, 9.17) is 5.11 Å². The standard InChI is InChI=1S/C13H15N3O3/c1-9-8-10(2)16(12(17)11(9)13(18)19)7-6-15-5-3-4-14-15/h3-5,8H,6-7H2,1-2H3,(H,18,19). The first-order valence-corrected chi connectivity index (χ1v) is 5.92. The van der Waals surface area contributed by atoms with Crippen molar-refractivity contribution in [1.29, 1.82) is 0 Å². The second-order valence-corrected chi connectivity index (χ2v) is 4.37. The Morgan fingerprint density at radius 3 is 2.68 bits per heavy atom. The summed E-state index contributed by atoms with van der Waals surface area (Å²) in [5.74, 6) is -1.18. The molecule has 0 atom stereocenters. The van der Waals surface area contributed by atoms with E-state index in [0.717, 1.165) is 5.69 Å². The lowest BCUT2D eigenvalue weighted by atomic mass is 10.1. The monoisotopic (exact) mass is 261 g/mol. The zero-order chi connectivity index (χ0) is 14.0. The summed E-state index contributed by atoms with van der Waals surface area (Å²) in [6.45, 7) is 4.35. The Balaban J connectivity index is 2.37.